The summed E-state index contributed by atoms with van der Waals surface area (Å²) in [5.74, 6) is 0.314. The number of nitrogens with zero attached hydrogens (tertiary/aromatic N) is 4. The third-order valence-corrected chi connectivity index (χ3v) is 4.10. The molecule has 0 radical (unpaired) electrons. The average molecular weight is 339 g/mol. The van der Waals surface area contributed by atoms with Gasteiger partial charge >= 0.3 is 0 Å². The molecule has 0 saturated heterocycles. The van der Waals surface area contributed by atoms with E-state index in [1.165, 1.54) is 11.6 Å². The highest BCUT2D eigenvalue weighted by Crippen LogP contribution is 2.10. The van der Waals surface area contributed by atoms with Gasteiger partial charge in [0.05, 0.1) is 10.7 Å². The predicted octanol–water partition coefficient (Wildman–Crippen LogP) is 2.94. The molecule has 0 unspecified atom stereocenters. The molecular formula is C17H17N5OS. The average Bonchev–Trinajstić information content (AvgIpc) is 3.21. The number of aryl methyl sites for hydroxylation is 3. The van der Waals surface area contributed by atoms with E-state index in [1.54, 1.807) is 35.9 Å². The number of pyridine rings is 1. The molecule has 0 aliphatic rings. The van der Waals surface area contributed by atoms with Crippen LogP contribution in [0, 0.1) is 6.92 Å². The normalized spacial score (nSPS) is 11.0. The highest BCUT2D eigenvalue weighted by atomic mass is 32.1. The van der Waals surface area contributed by atoms with Crippen LogP contribution in [0.15, 0.2) is 48.2 Å². The van der Waals surface area contributed by atoms with Crippen LogP contribution in [0.5, 0.6) is 0 Å². The highest BCUT2D eigenvalue weighted by molar-refractivity contribution is 7.09. The molecule has 6 nitrogen and oxygen atoms in total. The Kier molecular flexibility index (Phi) is 5.12. The number of rotatable bonds is 6. The molecule has 3 heterocycles. The van der Waals surface area contributed by atoms with E-state index in [4.69, 9.17) is 0 Å². The minimum atomic E-state index is -0.222. The van der Waals surface area contributed by atoms with E-state index in [0.717, 1.165) is 23.7 Å². The first kappa shape index (κ1) is 16.1. The smallest absolute Gasteiger partial charge is 0.249 e. The van der Waals surface area contributed by atoms with Crippen LogP contribution in [0.2, 0.25) is 0 Å². The Labute approximate surface area is 143 Å². The van der Waals surface area contributed by atoms with E-state index in [2.05, 4.69) is 20.4 Å². The zero-order valence-corrected chi connectivity index (χ0v) is 14.0. The zero-order chi connectivity index (χ0) is 16.8. The van der Waals surface area contributed by atoms with Crippen molar-refractivity contribution in [1.29, 1.82) is 0 Å². The third-order valence-electron chi connectivity index (χ3n) is 3.31. The van der Waals surface area contributed by atoms with Gasteiger partial charge < -0.3 is 5.32 Å². The van der Waals surface area contributed by atoms with E-state index in [-0.39, 0.29) is 5.91 Å². The maximum atomic E-state index is 11.9. The number of carbonyl (C=O) groups excluding carboxylic acids is 1. The Bertz CT molecular complexity index is 838. The van der Waals surface area contributed by atoms with Crippen molar-refractivity contribution < 1.29 is 4.79 Å². The molecule has 24 heavy (non-hydrogen) atoms. The summed E-state index contributed by atoms with van der Waals surface area (Å²) in [6, 6.07) is 5.75. The van der Waals surface area contributed by atoms with Crippen LogP contribution < -0.4 is 5.32 Å². The molecule has 0 atom stereocenters. The topological polar surface area (TPSA) is 72.7 Å². The first-order valence-corrected chi connectivity index (χ1v) is 8.40. The minimum absolute atomic E-state index is 0.222. The number of anilines is 1. The second kappa shape index (κ2) is 7.65. The minimum Gasteiger partial charge on any atom is -0.306 e. The summed E-state index contributed by atoms with van der Waals surface area (Å²) < 4.78 is 1.81. The van der Waals surface area contributed by atoms with Gasteiger partial charge in [0.15, 0.2) is 5.82 Å². The SMILES string of the molecule is Cc1nc(/C=C\C(=O)Nc2ccn(CCc3ccncc3)n2)cs1. The lowest BCUT2D eigenvalue weighted by Crippen LogP contribution is -2.09. The second-order valence-electron chi connectivity index (χ2n) is 5.18. The molecule has 3 aromatic heterocycles. The van der Waals surface area contributed by atoms with Crippen LogP contribution >= 0.6 is 11.3 Å². The van der Waals surface area contributed by atoms with Crippen molar-refractivity contribution in [3.05, 3.63) is 64.5 Å². The van der Waals surface area contributed by atoms with Crippen molar-refractivity contribution >= 4 is 29.1 Å². The lowest BCUT2D eigenvalue weighted by atomic mass is 10.2. The van der Waals surface area contributed by atoms with E-state index in [0.29, 0.717) is 5.82 Å². The molecule has 0 saturated carbocycles. The number of hydrogen-bond acceptors (Lipinski definition) is 5. The maximum Gasteiger partial charge on any atom is 0.249 e. The van der Waals surface area contributed by atoms with E-state index in [1.807, 2.05) is 35.3 Å². The molecule has 0 aromatic carbocycles. The van der Waals surface area contributed by atoms with Crippen molar-refractivity contribution in [2.24, 2.45) is 0 Å². The zero-order valence-electron chi connectivity index (χ0n) is 13.2. The summed E-state index contributed by atoms with van der Waals surface area (Å²) >= 11 is 1.55. The van der Waals surface area contributed by atoms with Gasteiger partial charge in [0, 0.05) is 42.7 Å². The number of carbonyl (C=O) groups is 1. The van der Waals surface area contributed by atoms with Crippen LogP contribution in [-0.4, -0.2) is 25.7 Å². The first-order chi connectivity index (χ1) is 11.7. The van der Waals surface area contributed by atoms with Gasteiger partial charge in [-0.2, -0.15) is 5.10 Å². The number of aromatic nitrogens is 4. The molecular weight excluding hydrogens is 322 g/mol. The fraction of sp³-hybridized carbons (Fsp3) is 0.176. The largest absolute Gasteiger partial charge is 0.306 e. The lowest BCUT2D eigenvalue weighted by molar-refractivity contribution is -0.111. The number of thiazole rings is 1. The van der Waals surface area contributed by atoms with Gasteiger partial charge in [0.1, 0.15) is 0 Å². The van der Waals surface area contributed by atoms with Gasteiger partial charge in [-0.15, -0.1) is 11.3 Å². The fourth-order valence-electron chi connectivity index (χ4n) is 2.13. The Balaban J connectivity index is 1.52. The molecule has 0 spiro atoms. The summed E-state index contributed by atoms with van der Waals surface area (Å²) in [5.41, 5.74) is 1.99. The lowest BCUT2D eigenvalue weighted by Gasteiger charge is -2.01. The van der Waals surface area contributed by atoms with Gasteiger partial charge in [0.25, 0.3) is 0 Å². The van der Waals surface area contributed by atoms with Crippen molar-refractivity contribution in [3.8, 4) is 0 Å². The quantitative estimate of drug-likeness (QED) is 0.701. The molecule has 0 aliphatic heterocycles. The van der Waals surface area contributed by atoms with Gasteiger partial charge in [-0.25, -0.2) is 4.98 Å². The molecule has 7 heteroatoms. The van der Waals surface area contributed by atoms with Crippen LogP contribution in [0.4, 0.5) is 5.82 Å². The van der Waals surface area contributed by atoms with Crippen molar-refractivity contribution in [3.63, 3.8) is 0 Å². The summed E-state index contributed by atoms with van der Waals surface area (Å²) in [7, 11) is 0. The third kappa shape index (κ3) is 4.60. The first-order valence-electron chi connectivity index (χ1n) is 7.52. The van der Waals surface area contributed by atoms with Crippen LogP contribution in [-0.2, 0) is 17.8 Å². The van der Waals surface area contributed by atoms with Gasteiger partial charge in [-0.1, -0.05) is 0 Å². The second-order valence-corrected chi connectivity index (χ2v) is 6.25. The van der Waals surface area contributed by atoms with Crippen molar-refractivity contribution in [2.45, 2.75) is 19.9 Å². The molecule has 3 aromatic rings. The monoisotopic (exact) mass is 339 g/mol. The summed E-state index contributed by atoms with van der Waals surface area (Å²) in [4.78, 5) is 20.2. The molecule has 0 fully saturated rings. The Morgan fingerprint density at radius 1 is 1.33 bits per heavy atom. The molecule has 3 rings (SSSR count). The van der Waals surface area contributed by atoms with Crippen molar-refractivity contribution in [1.82, 2.24) is 19.7 Å². The molecule has 0 aliphatic carbocycles. The van der Waals surface area contributed by atoms with Gasteiger partial charge in [-0.05, 0) is 37.1 Å². The Morgan fingerprint density at radius 2 is 2.17 bits per heavy atom. The fourth-order valence-corrected chi connectivity index (χ4v) is 2.71. The van der Waals surface area contributed by atoms with Crippen LogP contribution in [0.3, 0.4) is 0 Å². The predicted molar refractivity (Wildman–Crippen MR) is 94.7 cm³/mol. The Morgan fingerprint density at radius 3 is 2.92 bits per heavy atom. The maximum absolute atomic E-state index is 11.9. The van der Waals surface area contributed by atoms with Crippen LogP contribution in [0.1, 0.15) is 16.3 Å². The molecule has 1 amide bonds. The standard InChI is InChI=1S/C17H17N5OS/c1-13-19-15(12-24-13)2-3-17(23)20-16-7-11-22(21-16)10-6-14-4-8-18-9-5-14/h2-5,7-9,11-12H,6,10H2,1H3,(H,20,21,23)/b3-2-. The van der Waals surface area contributed by atoms with Crippen LogP contribution in [0.25, 0.3) is 6.08 Å². The van der Waals surface area contributed by atoms with E-state index < -0.39 is 0 Å². The van der Waals surface area contributed by atoms with Gasteiger partial charge in [0.2, 0.25) is 5.91 Å². The highest BCUT2D eigenvalue weighted by Gasteiger charge is 2.03. The van der Waals surface area contributed by atoms with E-state index >= 15 is 0 Å². The number of nitrogens with one attached hydrogen (secondary N) is 1. The summed E-state index contributed by atoms with van der Waals surface area (Å²) in [6.45, 7) is 2.68. The number of hydrogen-bond donors (Lipinski definition) is 1. The van der Waals surface area contributed by atoms with Gasteiger partial charge in [-0.3, -0.25) is 14.5 Å². The Hall–Kier alpha value is -2.80. The summed E-state index contributed by atoms with van der Waals surface area (Å²) in [5, 5.41) is 9.98. The molecule has 1 N–H and O–H groups in total. The van der Waals surface area contributed by atoms with Crippen molar-refractivity contribution in [2.75, 3.05) is 5.32 Å². The van der Waals surface area contributed by atoms with E-state index in [9.17, 15) is 4.79 Å². The molecule has 122 valence electrons. The summed E-state index contributed by atoms with van der Waals surface area (Å²) in [6.07, 6.45) is 9.43. The molecule has 0 bridgehead atoms. The number of amides is 1.